The molecule has 2 amide bonds. The van der Waals surface area contributed by atoms with Crippen LogP contribution in [0.1, 0.15) is 24.5 Å². The fourth-order valence-electron chi connectivity index (χ4n) is 2.09. The Morgan fingerprint density at radius 3 is 2.56 bits per heavy atom. The molecule has 3 N–H and O–H groups in total. The summed E-state index contributed by atoms with van der Waals surface area (Å²) in [5.41, 5.74) is 7.38. The predicted octanol–water partition coefficient (Wildman–Crippen LogP) is 2.19. The monoisotopic (exact) mass is 343 g/mol. The molecule has 1 heterocycles. The van der Waals surface area contributed by atoms with E-state index in [0.717, 1.165) is 18.4 Å². The molecule has 7 heteroatoms. The molecule has 0 aliphatic rings. The second-order valence-corrected chi connectivity index (χ2v) is 5.30. The van der Waals surface area contributed by atoms with Crippen LogP contribution in [-0.4, -0.2) is 23.5 Å². The Morgan fingerprint density at radius 2 is 1.88 bits per heavy atom. The molecule has 0 radical (unpaired) electrons. The number of nitrogens with one attached hydrogen (secondary N) is 1. The Bertz CT molecular complexity index is 717. The van der Waals surface area contributed by atoms with Crippen molar-refractivity contribution in [2.75, 3.05) is 6.54 Å². The van der Waals surface area contributed by atoms with Crippen molar-refractivity contribution in [3.8, 4) is 11.6 Å². The van der Waals surface area contributed by atoms with Crippen molar-refractivity contribution in [3.05, 3.63) is 53.7 Å². The number of nitrogens with zero attached hydrogens (tertiary/aromatic N) is 1. The molecule has 0 unspecified atom stereocenters. The van der Waals surface area contributed by atoms with Crippen LogP contribution in [0.4, 0.5) is 4.79 Å². The summed E-state index contributed by atoms with van der Waals surface area (Å²) in [6.07, 6.45) is 2.64. The zero-order valence-corrected chi connectivity index (χ0v) is 14.0. The molecule has 7 nitrogen and oxygen atoms in total. The number of pyridine rings is 1. The van der Waals surface area contributed by atoms with E-state index in [2.05, 4.69) is 24.0 Å². The molecular weight excluding hydrogens is 322 g/mol. The highest BCUT2D eigenvalue weighted by atomic mass is 16.6. The molecule has 0 aliphatic carbocycles. The molecule has 2 rings (SSSR count). The van der Waals surface area contributed by atoms with Gasteiger partial charge in [-0.2, -0.15) is 0 Å². The summed E-state index contributed by atoms with van der Waals surface area (Å²) in [6.45, 7) is 2.13. The molecule has 1 aromatic carbocycles. The number of aromatic nitrogens is 1. The lowest BCUT2D eigenvalue weighted by molar-refractivity contribution is -0.118. The fraction of sp³-hybridized carbons (Fsp3) is 0.278. The van der Waals surface area contributed by atoms with Gasteiger partial charge < -0.3 is 15.2 Å². The number of ether oxygens (including phenoxy) is 2. The molecule has 132 valence electrons. The molecule has 0 atom stereocenters. The summed E-state index contributed by atoms with van der Waals surface area (Å²) in [7, 11) is 0. The molecule has 0 spiro atoms. The highest BCUT2D eigenvalue weighted by Gasteiger charge is 2.13. The summed E-state index contributed by atoms with van der Waals surface area (Å²) in [4.78, 5) is 26.6. The summed E-state index contributed by atoms with van der Waals surface area (Å²) in [5.74, 6) is -0.363. The van der Waals surface area contributed by atoms with Crippen LogP contribution in [0.5, 0.6) is 11.6 Å². The lowest BCUT2D eigenvalue weighted by Crippen LogP contribution is -2.37. The minimum atomic E-state index is -0.956. The zero-order chi connectivity index (χ0) is 18.1. The van der Waals surface area contributed by atoms with Gasteiger partial charge in [0, 0.05) is 6.20 Å². The number of hydrogen-bond donors (Lipinski definition) is 2. The maximum absolute atomic E-state index is 11.6. The largest absolute Gasteiger partial charge is 0.483 e. The van der Waals surface area contributed by atoms with Crippen LogP contribution >= 0.6 is 0 Å². The zero-order valence-electron chi connectivity index (χ0n) is 14.0. The average molecular weight is 343 g/mol. The van der Waals surface area contributed by atoms with Crippen molar-refractivity contribution >= 4 is 12.0 Å². The molecule has 2 aromatic rings. The van der Waals surface area contributed by atoms with Crippen LogP contribution in [-0.2, 0) is 17.8 Å². The Morgan fingerprint density at radius 1 is 1.16 bits per heavy atom. The Kier molecular flexibility index (Phi) is 6.91. The number of carbonyl (C=O) groups is 2. The minimum Gasteiger partial charge on any atom is -0.483 e. The van der Waals surface area contributed by atoms with Crippen molar-refractivity contribution in [1.82, 2.24) is 10.3 Å². The lowest BCUT2D eigenvalue weighted by Gasteiger charge is -2.11. The van der Waals surface area contributed by atoms with Crippen LogP contribution in [0.3, 0.4) is 0 Å². The van der Waals surface area contributed by atoms with Gasteiger partial charge in [-0.05, 0) is 29.7 Å². The first-order valence-electron chi connectivity index (χ1n) is 7.99. The number of imide groups is 1. The van der Waals surface area contributed by atoms with Gasteiger partial charge in [0.05, 0.1) is 6.54 Å². The van der Waals surface area contributed by atoms with E-state index < -0.39 is 12.0 Å². The minimum absolute atomic E-state index is 0.0209. The number of carbonyl (C=O) groups excluding carboxylic acids is 2. The Balaban J connectivity index is 1.97. The highest BCUT2D eigenvalue weighted by molar-refractivity contribution is 5.93. The van der Waals surface area contributed by atoms with Crippen LogP contribution in [0.25, 0.3) is 0 Å². The van der Waals surface area contributed by atoms with Gasteiger partial charge in [-0.15, -0.1) is 0 Å². The number of aryl methyl sites for hydroxylation is 1. The SMILES string of the molecule is CCCc1ccc(COc2cccnc2OC(=O)NC(=O)CN)cc1. The van der Waals surface area contributed by atoms with Gasteiger partial charge in [0.25, 0.3) is 5.88 Å². The van der Waals surface area contributed by atoms with Gasteiger partial charge in [-0.3, -0.25) is 10.1 Å². The lowest BCUT2D eigenvalue weighted by atomic mass is 10.1. The summed E-state index contributed by atoms with van der Waals surface area (Å²) in [6, 6.07) is 11.4. The smallest absolute Gasteiger partial charge is 0.420 e. The molecule has 0 fully saturated rings. The van der Waals surface area contributed by atoms with Gasteiger partial charge in [0.15, 0.2) is 5.75 Å². The molecule has 0 saturated carbocycles. The van der Waals surface area contributed by atoms with E-state index in [4.69, 9.17) is 15.2 Å². The maximum atomic E-state index is 11.6. The van der Waals surface area contributed by atoms with E-state index in [0.29, 0.717) is 12.4 Å². The highest BCUT2D eigenvalue weighted by Crippen LogP contribution is 2.24. The van der Waals surface area contributed by atoms with Crippen LogP contribution in [0.15, 0.2) is 42.6 Å². The summed E-state index contributed by atoms with van der Waals surface area (Å²) >= 11 is 0. The molecule has 1 aromatic heterocycles. The first-order valence-corrected chi connectivity index (χ1v) is 7.99. The Hall–Kier alpha value is -2.93. The van der Waals surface area contributed by atoms with Gasteiger partial charge in [-0.25, -0.2) is 9.78 Å². The van der Waals surface area contributed by atoms with Crippen LogP contribution in [0, 0.1) is 0 Å². The normalized spacial score (nSPS) is 10.2. The molecular formula is C18H21N3O4. The van der Waals surface area contributed by atoms with E-state index >= 15 is 0 Å². The topological polar surface area (TPSA) is 104 Å². The Labute approximate surface area is 146 Å². The van der Waals surface area contributed by atoms with E-state index in [1.807, 2.05) is 17.4 Å². The van der Waals surface area contributed by atoms with E-state index in [-0.39, 0.29) is 12.4 Å². The second-order valence-electron chi connectivity index (χ2n) is 5.30. The first kappa shape index (κ1) is 18.4. The number of amides is 2. The van der Waals surface area contributed by atoms with E-state index in [9.17, 15) is 9.59 Å². The predicted molar refractivity (Wildman–Crippen MR) is 92.2 cm³/mol. The van der Waals surface area contributed by atoms with Gasteiger partial charge in [0.2, 0.25) is 5.91 Å². The third kappa shape index (κ3) is 5.89. The third-order valence-electron chi connectivity index (χ3n) is 3.31. The fourth-order valence-corrected chi connectivity index (χ4v) is 2.09. The number of benzene rings is 1. The second kappa shape index (κ2) is 9.39. The van der Waals surface area contributed by atoms with Crippen LogP contribution in [0.2, 0.25) is 0 Å². The quantitative estimate of drug-likeness (QED) is 0.799. The molecule has 0 aliphatic heterocycles. The van der Waals surface area contributed by atoms with E-state index in [1.165, 1.54) is 11.8 Å². The summed E-state index contributed by atoms with van der Waals surface area (Å²) in [5, 5.41) is 1.98. The number of nitrogens with two attached hydrogens (primary N) is 1. The third-order valence-corrected chi connectivity index (χ3v) is 3.31. The van der Waals surface area contributed by atoms with Crippen molar-refractivity contribution in [2.24, 2.45) is 5.73 Å². The number of rotatable bonds is 7. The molecule has 0 bridgehead atoms. The van der Waals surface area contributed by atoms with Crippen molar-refractivity contribution in [3.63, 3.8) is 0 Å². The average Bonchev–Trinajstić information content (AvgIpc) is 2.62. The van der Waals surface area contributed by atoms with Crippen molar-refractivity contribution in [2.45, 2.75) is 26.4 Å². The van der Waals surface area contributed by atoms with Gasteiger partial charge in [0.1, 0.15) is 6.61 Å². The first-order chi connectivity index (χ1) is 12.1. The number of hydrogen-bond acceptors (Lipinski definition) is 6. The van der Waals surface area contributed by atoms with E-state index in [1.54, 1.807) is 12.1 Å². The van der Waals surface area contributed by atoms with Crippen molar-refractivity contribution < 1.29 is 19.1 Å². The summed E-state index contributed by atoms with van der Waals surface area (Å²) < 4.78 is 10.7. The van der Waals surface area contributed by atoms with Crippen molar-refractivity contribution in [1.29, 1.82) is 0 Å². The molecule has 0 saturated heterocycles. The molecule has 25 heavy (non-hydrogen) atoms. The maximum Gasteiger partial charge on any atom is 0.420 e. The van der Waals surface area contributed by atoms with Gasteiger partial charge >= 0.3 is 6.09 Å². The standard InChI is InChI=1S/C18H21N3O4/c1-2-4-13-6-8-14(9-7-13)12-24-15-5-3-10-20-17(15)25-18(23)21-16(22)11-19/h3,5-10H,2,4,11-12,19H2,1H3,(H,21,22,23). The van der Waals surface area contributed by atoms with Gasteiger partial charge in [-0.1, -0.05) is 37.6 Å². The van der Waals surface area contributed by atoms with Crippen LogP contribution < -0.4 is 20.5 Å².